The molecule has 0 bridgehead atoms. The van der Waals surface area contributed by atoms with Crippen molar-refractivity contribution in [2.45, 2.75) is 51.4 Å². The van der Waals surface area contributed by atoms with E-state index in [9.17, 15) is 4.79 Å². The second-order valence-corrected chi connectivity index (χ2v) is 7.73. The normalized spacial score (nSPS) is 18.2. The fourth-order valence-electron chi connectivity index (χ4n) is 2.62. The third-order valence-electron chi connectivity index (χ3n) is 3.72. The van der Waals surface area contributed by atoms with Gasteiger partial charge in [-0.1, -0.05) is 11.8 Å². The highest BCUT2D eigenvalue weighted by atomic mass is 32.2. The van der Waals surface area contributed by atoms with Gasteiger partial charge in [-0.05, 0) is 40.9 Å². The highest BCUT2D eigenvalue weighted by Crippen LogP contribution is 2.24. The van der Waals surface area contributed by atoms with Gasteiger partial charge in [-0.2, -0.15) is 4.98 Å². The first-order chi connectivity index (χ1) is 11.7. The molecule has 0 aliphatic carbocycles. The van der Waals surface area contributed by atoms with Gasteiger partial charge < -0.3 is 19.3 Å². The number of rotatable bonds is 4. The van der Waals surface area contributed by atoms with Gasteiger partial charge in [0.2, 0.25) is 5.88 Å². The number of carbonyl (C=O) groups excluding carboxylic acids is 1. The number of nitrogens with zero attached hydrogens (tertiary/aromatic N) is 4. The molecule has 8 heteroatoms. The molecular weight excluding hydrogens is 340 g/mol. The third kappa shape index (κ3) is 5.39. The van der Waals surface area contributed by atoms with Gasteiger partial charge in [-0.15, -0.1) is 0 Å². The van der Waals surface area contributed by atoms with E-state index in [0.717, 1.165) is 5.82 Å². The van der Waals surface area contributed by atoms with Crippen LogP contribution in [-0.4, -0.2) is 65.1 Å². The lowest BCUT2D eigenvalue weighted by Crippen LogP contribution is -2.55. The number of carbonyl (C=O) groups is 1. The number of hydrogen-bond acceptors (Lipinski definition) is 7. The molecule has 2 heterocycles. The van der Waals surface area contributed by atoms with Crippen molar-refractivity contribution in [3.63, 3.8) is 0 Å². The van der Waals surface area contributed by atoms with Crippen molar-refractivity contribution in [2.24, 2.45) is 0 Å². The summed E-state index contributed by atoms with van der Waals surface area (Å²) in [6.45, 7) is 12.1. The maximum Gasteiger partial charge on any atom is 0.410 e. The summed E-state index contributed by atoms with van der Waals surface area (Å²) in [7, 11) is 0. The quantitative estimate of drug-likeness (QED) is 0.598. The predicted octanol–water partition coefficient (Wildman–Crippen LogP) is 3.04. The summed E-state index contributed by atoms with van der Waals surface area (Å²) in [6, 6.07) is 1.89. The lowest BCUT2D eigenvalue weighted by atomic mass is 10.2. The molecule has 1 aliphatic rings. The first kappa shape index (κ1) is 19.6. The Morgan fingerprint density at radius 2 is 2.08 bits per heavy atom. The van der Waals surface area contributed by atoms with E-state index in [4.69, 9.17) is 9.47 Å². The molecule has 7 nitrogen and oxygen atoms in total. The Balaban J connectivity index is 2.10. The highest BCUT2D eigenvalue weighted by molar-refractivity contribution is 7.98. The van der Waals surface area contributed by atoms with E-state index in [2.05, 4.69) is 14.9 Å². The maximum absolute atomic E-state index is 12.3. The summed E-state index contributed by atoms with van der Waals surface area (Å²) in [5, 5.41) is 0.683. The van der Waals surface area contributed by atoms with Gasteiger partial charge in [0, 0.05) is 31.7 Å². The minimum Gasteiger partial charge on any atom is -0.478 e. The molecule has 0 spiro atoms. The molecule has 1 atom stereocenters. The van der Waals surface area contributed by atoms with E-state index >= 15 is 0 Å². The van der Waals surface area contributed by atoms with E-state index in [1.54, 1.807) is 4.90 Å². The fraction of sp³-hybridized carbons (Fsp3) is 0.706. The molecule has 0 N–H and O–H groups in total. The second-order valence-electron chi connectivity index (χ2n) is 6.95. The molecule has 0 radical (unpaired) electrons. The number of thioether (sulfide) groups is 1. The van der Waals surface area contributed by atoms with Gasteiger partial charge in [-0.25, -0.2) is 9.78 Å². The van der Waals surface area contributed by atoms with Crippen LogP contribution in [0.5, 0.6) is 5.88 Å². The Morgan fingerprint density at radius 3 is 2.64 bits per heavy atom. The largest absolute Gasteiger partial charge is 0.478 e. The van der Waals surface area contributed by atoms with E-state index in [1.807, 2.05) is 46.9 Å². The van der Waals surface area contributed by atoms with Gasteiger partial charge in [0.05, 0.1) is 6.61 Å². The Kier molecular flexibility index (Phi) is 6.37. The molecule has 2 rings (SSSR count). The van der Waals surface area contributed by atoms with Crippen molar-refractivity contribution in [2.75, 3.05) is 37.4 Å². The van der Waals surface area contributed by atoms with E-state index in [-0.39, 0.29) is 12.1 Å². The Hall–Kier alpha value is -1.70. The zero-order chi connectivity index (χ0) is 18.6. The van der Waals surface area contributed by atoms with Crippen LogP contribution in [0.25, 0.3) is 0 Å². The molecule has 1 saturated heterocycles. The van der Waals surface area contributed by atoms with Gasteiger partial charge in [-0.3, -0.25) is 0 Å². The van der Waals surface area contributed by atoms with E-state index in [0.29, 0.717) is 37.3 Å². The van der Waals surface area contributed by atoms with Gasteiger partial charge >= 0.3 is 6.09 Å². The van der Waals surface area contributed by atoms with Crippen molar-refractivity contribution in [3.05, 3.63) is 6.07 Å². The lowest BCUT2D eigenvalue weighted by Gasteiger charge is -2.40. The predicted molar refractivity (Wildman–Crippen MR) is 99.6 cm³/mol. The summed E-state index contributed by atoms with van der Waals surface area (Å²) in [5.74, 6) is 1.41. The summed E-state index contributed by atoms with van der Waals surface area (Å²) >= 11 is 1.49. The Labute approximate surface area is 154 Å². The molecule has 0 saturated carbocycles. The molecule has 140 valence electrons. The van der Waals surface area contributed by atoms with Crippen molar-refractivity contribution >= 4 is 23.7 Å². The molecule has 1 aromatic heterocycles. The van der Waals surface area contributed by atoms with Crippen LogP contribution in [0.3, 0.4) is 0 Å². The lowest BCUT2D eigenvalue weighted by molar-refractivity contribution is 0.0158. The zero-order valence-corrected chi connectivity index (χ0v) is 16.7. The smallest absolute Gasteiger partial charge is 0.410 e. The van der Waals surface area contributed by atoms with Crippen LogP contribution >= 0.6 is 11.8 Å². The van der Waals surface area contributed by atoms with Crippen LogP contribution in [0.4, 0.5) is 10.6 Å². The van der Waals surface area contributed by atoms with Crippen LogP contribution in [-0.2, 0) is 4.74 Å². The minimum atomic E-state index is -0.486. The van der Waals surface area contributed by atoms with Crippen LogP contribution in [0.15, 0.2) is 11.2 Å². The number of amides is 1. The average Bonchev–Trinajstić information content (AvgIpc) is 2.53. The van der Waals surface area contributed by atoms with Crippen LogP contribution in [0.2, 0.25) is 0 Å². The molecule has 1 amide bonds. The highest BCUT2D eigenvalue weighted by Gasteiger charge is 2.31. The third-order valence-corrected chi connectivity index (χ3v) is 4.27. The number of aromatic nitrogens is 2. The number of ether oxygens (including phenoxy) is 2. The van der Waals surface area contributed by atoms with Crippen molar-refractivity contribution in [1.29, 1.82) is 0 Å². The first-order valence-electron chi connectivity index (χ1n) is 8.54. The second kappa shape index (κ2) is 8.12. The van der Waals surface area contributed by atoms with Gasteiger partial charge in [0.15, 0.2) is 5.16 Å². The summed E-state index contributed by atoms with van der Waals surface area (Å²) < 4.78 is 11.0. The van der Waals surface area contributed by atoms with Crippen molar-refractivity contribution in [1.82, 2.24) is 14.9 Å². The molecule has 25 heavy (non-hydrogen) atoms. The monoisotopic (exact) mass is 368 g/mol. The van der Waals surface area contributed by atoms with Gasteiger partial charge in [0.1, 0.15) is 11.4 Å². The molecule has 1 fully saturated rings. The van der Waals surface area contributed by atoms with Crippen LogP contribution in [0.1, 0.15) is 34.6 Å². The zero-order valence-electron chi connectivity index (χ0n) is 15.9. The number of hydrogen-bond donors (Lipinski definition) is 0. The maximum atomic E-state index is 12.3. The molecular formula is C17H28N4O3S. The van der Waals surface area contributed by atoms with Gasteiger partial charge in [0.25, 0.3) is 0 Å². The van der Waals surface area contributed by atoms with Crippen LogP contribution in [0, 0.1) is 0 Å². The number of anilines is 1. The topological polar surface area (TPSA) is 67.8 Å². The van der Waals surface area contributed by atoms with Crippen molar-refractivity contribution in [3.8, 4) is 5.88 Å². The molecule has 1 aliphatic heterocycles. The van der Waals surface area contributed by atoms with Crippen molar-refractivity contribution < 1.29 is 14.3 Å². The number of piperazine rings is 1. The summed E-state index contributed by atoms with van der Waals surface area (Å²) in [4.78, 5) is 25.2. The average molecular weight is 369 g/mol. The standard InChI is InChI=1S/C17H28N4O3S/c1-7-23-14-10-13(18-15(19-14)25-6)20-8-9-21(12(2)11-20)16(22)24-17(3,4)5/h10,12H,7-9,11H2,1-6H3/t12-/m0/s1. The molecule has 0 aromatic carbocycles. The summed E-state index contributed by atoms with van der Waals surface area (Å²) in [5.41, 5.74) is -0.486. The SMILES string of the molecule is CCOc1cc(N2CCN(C(=O)OC(C)(C)C)[C@@H](C)C2)nc(SC)n1. The Bertz CT molecular complexity index is 606. The fourth-order valence-corrected chi connectivity index (χ4v) is 2.99. The summed E-state index contributed by atoms with van der Waals surface area (Å²) in [6.07, 6.45) is 1.68. The first-order valence-corrected chi connectivity index (χ1v) is 9.76. The molecule has 0 unspecified atom stereocenters. The van der Waals surface area contributed by atoms with E-state index in [1.165, 1.54) is 11.8 Å². The minimum absolute atomic E-state index is 0.0341. The van der Waals surface area contributed by atoms with E-state index < -0.39 is 5.60 Å². The molecule has 1 aromatic rings. The Morgan fingerprint density at radius 1 is 1.36 bits per heavy atom. The van der Waals surface area contributed by atoms with Crippen LogP contribution < -0.4 is 9.64 Å².